The fraction of sp³-hybridized carbons (Fsp3) is 0.889. The number of piperidine rings is 1. The second-order valence-electron chi connectivity index (χ2n) is 3.85. The minimum absolute atomic E-state index is 0.0208. The maximum Gasteiger partial charge on any atom is 0.221 e. The summed E-state index contributed by atoms with van der Waals surface area (Å²) in [6.45, 7) is 4.08. The van der Waals surface area contributed by atoms with Crippen molar-refractivity contribution in [2.24, 2.45) is 11.7 Å². The molecule has 76 valence electrons. The van der Waals surface area contributed by atoms with Gasteiger partial charge >= 0.3 is 0 Å². The first-order valence-corrected chi connectivity index (χ1v) is 4.79. The zero-order valence-electron chi connectivity index (χ0n) is 8.07. The van der Waals surface area contributed by atoms with E-state index in [4.69, 9.17) is 5.73 Å². The number of nitrogens with two attached hydrogens (primary N) is 1. The van der Waals surface area contributed by atoms with Gasteiger partial charge in [-0.15, -0.1) is 0 Å². The Morgan fingerprint density at radius 1 is 1.77 bits per heavy atom. The summed E-state index contributed by atoms with van der Waals surface area (Å²) < 4.78 is 0. The lowest BCUT2D eigenvalue weighted by Crippen LogP contribution is -2.43. The quantitative estimate of drug-likeness (QED) is 0.628. The maximum absolute atomic E-state index is 10.9. The van der Waals surface area contributed by atoms with Crippen LogP contribution < -0.4 is 5.73 Å². The number of primary amides is 1. The van der Waals surface area contributed by atoms with Gasteiger partial charge in [0.25, 0.3) is 0 Å². The molecule has 0 aromatic rings. The van der Waals surface area contributed by atoms with Gasteiger partial charge in [0.05, 0.1) is 12.0 Å². The molecule has 1 aliphatic rings. The second-order valence-corrected chi connectivity index (χ2v) is 3.85. The molecule has 0 aromatic heterocycles. The Morgan fingerprint density at radius 2 is 2.46 bits per heavy atom. The van der Waals surface area contributed by atoms with Crippen molar-refractivity contribution in [2.75, 3.05) is 19.6 Å². The van der Waals surface area contributed by atoms with E-state index in [1.807, 2.05) is 0 Å². The van der Waals surface area contributed by atoms with Gasteiger partial charge in [0.15, 0.2) is 0 Å². The van der Waals surface area contributed by atoms with Gasteiger partial charge in [-0.3, -0.25) is 9.69 Å². The Labute approximate surface area is 78.7 Å². The van der Waals surface area contributed by atoms with Gasteiger partial charge in [-0.05, 0) is 26.3 Å². The van der Waals surface area contributed by atoms with Crippen molar-refractivity contribution in [3.05, 3.63) is 0 Å². The molecule has 0 bridgehead atoms. The van der Waals surface area contributed by atoms with Gasteiger partial charge in [-0.2, -0.15) is 0 Å². The lowest BCUT2D eigenvalue weighted by atomic mass is 9.97. The molecule has 1 fully saturated rings. The summed E-state index contributed by atoms with van der Waals surface area (Å²) in [6, 6.07) is 0. The van der Waals surface area contributed by atoms with Crippen molar-refractivity contribution in [2.45, 2.75) is 25.9 Å². The maximum atomic E-state index is 10.9. The first-order chi connectivity index (χ1) is 6.09. The number of hydrogen-bond donors (Lipinski definition) is 2. The zero-order valence-corrected chi connectivity index (χ0v) is 8.07. The molecule has 1 amide bonds. The number of hydrogen-bond acceptors (Lipinski definition) is 3. The lowest BCUT2D eigenvalue weighted by Gasteiger charge is -2.31. The third-order valence-electron chi connectivity index (χ3n) is 2.43. The third-order valence-corrected chi connectivity index (χ3v) is 2.43. The van der Waals surface area contributed by atoms with Crippen LogP contribution in [0.25, 0.3) is 0 Å². The van der Waals surface area contributed by atoms with E-state index in [1.54, 1.807) is 6.92 Å². The van der Waals surface area contributed by atoms with Crippen LogP contribution >= 0.6 is 0 Å². The molecule has 1 aliphatic heterocycles. The monoisotopic (exact) mass is 186 g/mol. The van der Waals surface area contributed by atoms with Gasteiger partial charge in [0.1, 0.15) is 0 Å². The number of amides is 1. The van der Waals surface area contributed by atoms with Crippen molar-refractivity contribution in [3.63, 3.8) is 0 Å². The Kier molecular flexibility index (Phi) is 3.69. The van der Waals surface area contributed by atoms with Gasteiger partial charge in [-0.25, -0.2) is 0 Å². The van der Waals surface area contributed by atoms with Gasteiger partial charge in [-0.1, -0.05) is 0 Å². The number of β-amino-alcohol motifs (C(OH)–C–C–N with tert-alkyl or cyclic N) is 1. The van der Waals surface area contributed by atoms with E-state index in [-0.39, 0.29) is 17.9 Å². The van der Waals surface area contributed by atoms with E-state index in [9.17, 15) is 9.90 Å². The Hall–Kier alpha value is -0.610. The predicted octanol–water partition coefficient (Wildman–Crippen LogP) is -0.435. The molecular weight excluding hydrogens is 168 g/mol. The van der Waals surface area contributed by atoms with Crippen molar-refractivity contribution < 1.29 is 9.90 Å². The van der Waals surface area contributed by atoms with Crippen molar-refractivity contribution in [1.82, 2.24) is 4.90 Å². The molecule has 4 nitrogen and oxygen atoms in total. The second kappa shape index (κ2) is 4.58. The van der Waals surface area contributed by atoms with Crippen LogP contribution in [0.5, 0.6) is 0 Å². The average Bonchev–Trinajstić information content (AvgIpc) is 2.03. The molecule has 0 aliphatic carbocycles. The summed E-state index contributed by atoms with van der Waals surface area (Å²) in [5, 5.41) is 9.17. The average molecular weight is 186 g/mol. The summed E-state index contributed by atoms with van der Waals surface area (Å²) in [7, 11) is 0. The highest BCUT2D eigenvalue weighted by Crippen LogP contribution is 2.15. The highest BCUT2D eigenvalue weighted by molar-refractivity contribution is 5.76. The summed E-state index contributed by atoms with van der Waals surface area (Å²) in [5.41, 5.74) is 5.23. The first kappa shape index (κ1) is 10.5. The van der Waals surface area contributed by atoms with E-state index < -0.39 is 0 Å². The highest BCUT2D eigenvalue weighted by Gasteiger charge is 2.24. The first-order valence-electron chi connectivity index (χ1n) is 4.79. The highest BCUT2D eigenvalue weighted by atomic mass is 16.3. The summed E-state index contributed by atoms with van der Waals surface area (Å²) in [5.74, 6) is -0.234. The van der Waals surface area contributed by atoms with E-state index in [2.05, 4.69) is 4.90 Å². The van der Waals surface area contributed by atoms with Gasteiger partial charge < -0.3 is 10.8 Å². The molecule has 13 heavy (non-hydrogen) atoms. The molecule has 1 unspecified atom stereocenters. The standard InChI is InChI=1S/C9H18N2O2/c1-7(12)5-11-4-2-3-8(6-11)9(10)13/h7-8,12H,2-6H2,1H3,(H2,10,13)/t7-,8?/m1/s1. The van der Waals surface area contributed by atoms with E-state index in [0.29, 0.717) is 13.1 Å². The van der Waals surface area contributed by atoms with E-state index in [1.165, 1.54) is 0 Å². The molecule has 2 atom stereocenters. The van der Waals surface area contributed by atoms with Crippen LogP contribution in [-0.4, -0.2) is 41.7 Å². The Morgan fingerprint density at radius 3 is 3.00 bits per heavy atom. The smallest absolute Gasteiger partial charge is 0.221 e. The Bertz CT molecular complexity index is 182. The summed E-state index contributed by atoms with van der Waals surface area (Å²) >= 11 is 0. The molecule has 0 spiro atoms. The number of aliphatic hydroxyl groups excluding tert-OH is 1. The summed E-state index contributed by atoms with van der Waals surface area (Å²) in [4.78, 5) is 13.0. The van der Waals surface area contributed by atoms with Crippen LogP contribution in [0.3, 0.4) is 0 Å². The molecule has 1 saturated heterocycles. The fourth-order valence-electron chi connectivity index (χ4n) is 1.83. The molecule has 1 heterocycles. The zero-order chi connectivity index (χ0) is 9.84. The van der Waals surface area contributed by atoms with E-state index >= 15 is 0 Å². The number of nitrogens with zero attached hydrogens (tertiary/aromatic N) is 1. The van der Waals surface area contributed by atoms with Crippen LogP contribution in [0.4, 0.5) is 0 Å². The minimum Gasteiger partial charge on any atom is -0.392 e. The van der Waals surface area contributed by atoms with Crippen LogP contribution in [0.1, 0.15) is 19.8 Å². The fourth-order valence-corrected chi connectivity index (χ4v) is 1.83. The molecule has 0 radical (unpaired) electrons. The van der Waals surface area contributed by atoms with Crippen LogP contribution in [0, 0.1) is 5.92 Å². The minimum atomic E-state index is -0.327. The van der Waals surface area contributed by atoms with E-state index in [0.717, 1.165) is 19.4 Å². The van der Waals surface area contributed by atoms with Crippen LogP contribution in [0.2, 0.25) is 0 Å². The number of aliphatic hydroxyl groups is 1. The number of carbonyl (C=O) groups excluding carboxylic acids is 1. The Balaban J connectivity index is 2.37. The van der Waals surface area contributed by atoms with Gasteiger partial charge in [0.2, 0.25) is 5.91 Å². The number of carbonyl (C=O) groups is 1. The summed E-state index contributed by atoms with van der Waals surface area (Å²) in [6.07, 6.45) is 1.57. The topological polar surface area (TPSA) is 66.6 Å². The normalized spacial score (nSPS) is 27.1. The van der Waals surface area contributed by atoms with Gasteiger partial charge in [0, 0.05) is 13.1 Å². The lowest BCUT2D eigenvalue weighted by molar-refractivity contribution is -0.123. The van der Waals surface area contributed by atoms with Crippen molar-refractivity contribution in [1.29, 1.82) is 0 Å². The third kappa shape index (κ3) is 3.32. The van der Waals surface area contributed by atoms with Crippen molar-refractivity contribution >= 4 is 5.91 Å². The molecule has 1 rings (SSSR count). The molecule has 0 saturated carbocycles. The SMILES string of the molecule is C[C@@H](O)CN1CCCC(C(N)=O)C1. The molecule has 4 heteroatoms. The van der Waals surface area contributed by atoms with Crippen LogP contribution in [-0.2, 0) is 4.79 Å². The largest absolute Gasteiger partial charge is 0.392 e. The number of likely N-dealkylation sites (tertiary alicyclic amines) is 1. The molecule has 3 N–H and O–H groups in total. The predicted molar refractivity (Wildman–Crippen MR) is 50.0 cm³/mol. The molecular formula is C9H18N2O2. The molecule has 0 aromatic carbocycles. The number of rotatable bonds is 3. The van der Waals surface area contributed by atoms with Crippen LogP contribution in [0.15, 0.2) is 0 Å². The van der Waals surface area contributed by atoms with Crippen molar-refractivity contribution in [3.8, 4) is 0 Å².